The minimum atomic E-state index is -0.474. The molecule has 3 rings (SSSR count). The summed E-state index contributed by atoms with van der Waals surface area (Å²) in [6, 6.07) is 13.2. The summed E-state index contributed by atoms with van der Waals surface area (Å²) < 4.78 is 5.48. The van der Waals surface area contributed by atoms with Crippen molar-refractivity contribution in [2.24, 2.45) is 0 Å². The van der Waals surface area contributed by atoms with Gasteiger partial charge in [0.2, 0.25) is 0 Å². The van der Waals surface area contributed by atoms with Crippen LogP contribution in [0.25, 0.3) is 11.0 Å². The van der Waals surface area contributed by atoms with Crippen LogP contribution in [0.4, 0.5) is 5.69 Å². The Kier molecular flexibility index (Phi) is 3.69. The topological polar surface area (TPSA) is 59.3 Å². The maximum absolute atomic E-state index is 12.2. The van der Waals surface area contributed by atoms with Crippen molar-refractivity contribution in [3.63, 3.8) is 0 Å². The Balaban J connectivity index is 1.96. The van der Waals surface area contributed by atoms with Gasteiger partial charge >= 0.3 is 0 Å². The summed E-state index contributed by atoms with van der Waals surface area (Å²) in [5, 5.41) is 3.48. The van der Waals surface area contributed by atoms with Gasteiger partial charge in [-0.05, 0) is 37.3 Å². The zero-order valence-corrected chi connectivity index (χ0v) is 12.5. The number of carbonyl (C=O) groups is 1. The zero-order valence-electron chi connectivity index (χ0n) is 11.7. The lowest BCUT2D eigenvalue weighted by Gasteiger charge is -2.06. The lowest BCUT2D eigenvalue weighted by Crippen LogP contribution is -2.14. The second-order valence-corrected chi connectivity index (χ2v) is 5.37. The Morgan fingerprint density at radius 3 is 2.55 bits per heavy atom. The Bertz CT molecular complexity index is 913. The highest BCUT2D eigenvalue weighted by Gasteiger charge is 2.12. The second kappa shape index (κ2) is 5.66. The van der Waals surface area contributed by atoms with Crippen LogP contribution < -0.4 is 10.7 Å². The van der Waals surface area contributed by atoms with E-state index in [1.54, 1.807) is 24.3 Å². The lowest BCUT2D eigenvalue weighted by atomic mass is 10.2. The van der Waals surface area contributed by atoms with Crippen molar-refractivity contribution in [2.45, 2.75) is 6.92 Å². The van der Waals surface area contributed by atoms with E-state index in [0.717, 1.165) is 5.56 Å². The first kappa shape index (κ1) is 14.4. The van der Waals surface area contributed by atoms with E-state index < -0.39 is 5.91 Å². The average molecular weight is 314 g/mol. The first-order valence-electron chi connectivity index (χ1n) is 6.64. The number of benzene rings is 2. The minimum Gasteiger partial charge on any atom is -0.451 e. The Morgan fingerprint density at radius 1 is 1.09 bits per heavy atom. The molecular formula is C17H12ClNO3. The van der Waals surface area contributed by atoms with Gasteiger partial charge in [0.05, 0.1) is 5.39 Å². The highest BCUT2D eigenvalue weighted by Crippen LogP contribution is 2.18. The summed E-state index contributed by atoms with van der Waals surface area (Å²) in [4.78, 5) is 24.2. The molecule has 3 aromatic rings. The van der Waals surface area contributed by atoms with Gasteiger partial charge in [0.25, 0.3) is 5.91 Å². The normalized spacial score (nSPS) is 10.6. The first-order valence-corrected chi connectivity index (χ1v) is 7.02. The fraction of sp³-hybridized carbons (Fsp3) is 0.0588. The smallest absolute Gasteiger partial charge is 0.291 e. The van der Waals surface area contributed by atoms with Crippen LogP contribution in [0.15, 0.2) is 57.7 Å². The lowest BCUT2D eigenvalue weighted by molar-refractivity contribution is 0.0997. The molecule has 1 amide bonds. The van der Waals surface area contributed by atoms with Crippen molar-refractivity contribution < 1.29 is 9.21 Å². The van der Waals surface area contributed by atoms with Crippen molar-refractivity contribution in [1.29, 1.82) is 0 Å². The monoisotopic (exact) mass is 313 g/mol. The fourth-order valence-electron chi connectivity index (χ4n) is 2.07. The molecular weight excluding hydrogens is 302 g/mol. The number of halogens is 1. The van der Waals surface area contributed by atoms with E-state index in [-0.39, 0.29) is 11.2 Å². The molecule has 1 N–H and O–H groups in total. The Morgan fingerprint density at radius 2 is 1.82 bits per heavy atom. The molecule has 2 aromatic carbocycles. The van der Waals surface area contributed by atoms with Crippen molar-refractivity contribution >= 4 is 34.2 Å². The molecule has 0 aliphatic carbocycles. The molecule has 0 atom stereocenters. The van der Waals surface area contributed by atoms with Crippen LogP contribution >= 0.6 is 11.6 Å². The number of hydrogen-bond donors (Lipinski definition) is 1. The van der Waals surface area contributed by atoms with Gasteiger partial charge < -0.3 is 9.73 Å². The van der Waals surface area contributed by atoms with E-state index >= 15 is 0 Å². The summed E-state index contributed by atoms with van der Waals surface area (Å²) in [5.74, 6) is -0.516. The van der Waals surface area contributed by atoms with Crippen LogP contribution in [0.2, 0.25) is 5.02 Å². The van der Waals surface area contributed by atoms with Crippen molar-refractivity contribution in [3.05, 3.63) is 75.1 Å². The first-order chi connectivity index (χ1) is 10.5. The van der Waals surface area contributed by atoms with Crippen LogP contribution in [-0.2, 0) is 0 Å². The number of fused-ring (bicyclic) bond motifs is 1. The van der Waals surface area contributed by atoms with E-state index in [0.29, 0.717) is 21.7 Å². The van der Waals surface area contributed by atoms with Crippen molar-refractivity contribution in [2.75, 3.05) is 5.32 Å². The van der Waals surface area contributed by atoms with Crippen LogP contribution in [0, 0.1) is 6.92 Å². The van der Waals surface area contributed by atoms with Gasteiger partial charge in [-0.25, -0.2) is 0 Å². The molecule has 22 heavy (non-hydrogen) atoms. The molecule has 110 valence electrons. The van der Waals surface area contributed by atoms with Crippen LogP contribution in [-0.4, -0.2) is 5.91 Å². The third kappa shape index (κ3) is 2.87. The standard InChI is InChI=1S/C17H12ClNO3/c1-10-2-5-12(6-3-10)19-17(21)16-9-14(20)13-8-11(18)4-7-15(13)22-16/h2-9H,1H3,(H,19,21). The minimum absolute atomic E-state index is 0.0413. The van der Waals surface area contributed by atoms with Crippen molar-refractivity contribution in [1.82, 2.24) is 0 Å². The van der Waals surface area contributed by atoms with E-state index in [1.807, 2.05) is 19.1 Å². The predicted molar refractivity (Wildman–Crippen MR) is 86.6 cm³/mol. The number of carbonyl (C=O) groups excluding carboxylic acids is 1. The van der Waals surface area contributed by atoms with Gasteiger partial charge in [-0.3, -0.25) is 9.59 Å². The van der Waals surface area contributed by atoms with E-state index in [2.05, 4.69) is 5.32 Å². The molecule has 0 saturated heterocycles. The zero-order chi connectivity index (χ0) is 15.7. The van der Waals surface area contributed by atoms with Crippen LogP contribution in [0.3, 0.4) is 0 Å². The molecule has 5 heteroatoms. The molecule has 0 radical (unpaired) electrons. The summed E-state index contributed by atoms with van der Waals surface area (Å²) >= 11 is 5.85. The van der Waals surface area contributed by atoms with Gasteiger partial charge in [0.1, 0.15) is 5.58 Å². The molecule has 0 spiro atoms. The molecule has 1 heterocycles. The van der Waals surface area contributed by atoms with Crippen molar-refractivity contribution in [3.8, 4) is 0 Å². The largest absolute Gasteiger partial charge is 0.451 e. The third-order valence-corrected chi connectivity index (χ3v) is 3.46. The van der Waals surface area contributed by atoms with Gasteiger partial charge in [-0.1, -0.05) is 29.3 Å². The summed E-state index contributed by atoms with van der Waals surface area (Å²) in [5.41, 5.74) is 1.74. The summed E-state index contributed by atoms with van der Waals surface area (Å²) in [7, 11) is 0. The Hall–Kier alpha value is -2.59. The molecule has 1 aromatic heterocycles. The highest BCUT2D eigenvalue weighted by atomic mass is 35.5. The number of rotatable bonds is 2. The molecule has 0 aliphatic heterocycles. The highest BCUT2D eigenvalue weighted by molar-refractivity contribution is 6.31. The molecule has 0 fully saturated rings. The fourth-order valence-corrected chi connectivity index (χ4v) is 2.24. The van der Waals surface area contributed by atoms with Gasteiger partial charge in [-0.2, -0.15) is 0 Å². The molecule has 0 aliphatic rings. The van der Waals surface area contributed by atoms with Gasteiger partial charge in [-0.15, -0.1) is 0 Å². The average Bonchev–Trinajstić information content (AvgIpc) is 2.50. The second-order valence-electron chi connectivity index (χ2n) is 4.94. The third-order valence-electron chi connectivity index (χ3n) is 3.22. The van der Waals surface area contributed by atoms with Gasteiger partial charge in [0, 0.05) is 16.8 Å². The number of anilines is 1. The van der Waals surface area contributed by atoms with Crippen LogP contribution in [0.1, 0.15) is 16.1 Å². The van der Waals surface area contributed by atoms with E-state index in [1.165, 1.54) is 12.1 Å². The quantitative estimate of drug-likeness (QED) is 0.777. The maximum atomic E-state index is 12.2. The SMILES string of the molecule is Cc1ccc(NC(=O)c2cc(=O)c3cc(Cl)ccc3o2)cc1. The molecule has 0 bridgehead atoms. The van der Waals surface area contributed by atoms with E-state index in [4.69, 9.17) is 16.0 Å². The summed E-state index contributed by atoms with van der Waals surface area (Å²) in [6.45, 7) is 1.96. The summed E-state index contributed by atoms with van der Waals surface area (Å²) in [6.07, 6.45) is 0. The molecule has 4 nitrogen and oxygen atoms in total. The predicted octanol–water partition coefficient (Wildman–Crippen LogP) is 4.01. The molecule has 0 unspecified atom stereocenters. The Labute approximate surface area is 131 Å². The number of hydrogen-bond acceptors (Lipinski definition) is 3. The maximum Gasteiger partial charge on any atom is 0.291 e. The van der Waals surface area contributed by atoms with E-state index in [9.17, 15) is 9.59 Å². The number of amides is 1. The van der Waals surface area contributed by atoms with Gasteiger partial charge in [0.15, 0.2) is 11.2 Å². The number of nitrogens with one attached hydrogen (secondary N) is 1. The molecule has 0 saturated carbocycles. The van der Waals surface area contributed by atoms with Crippen LogP contribution in [0.5, 0.6) is 0 Å². The number of aryl methyl sites for hydroxylation is 1.